The lowest BCUT2D eigenvalue weighted by Gasteiger charge is -2.11. The van der Waals surface area contributed by atoms with E-state index < -0.39 is 0 Å². The quantitative estimate of drug-likeness (QED) is 0.737. The van der Waals surface area contributed by atoms with Gasteiger partial charge in [0.15, 0.2) is 0 Å². The third-order valence-corrected chi connectivity index (χ3v) is 3.96. The van der Waals surface area contributed by atoms with Crippen molar-refractivity contribution in [2.75, 3.05) is 20.6 Å². The Kier molecular flexibility index (Phi) is 3.29. The number of para-hydroxylation sites is 2. The minimum Gasteiger partial charge on any atom is -0.308 e. The van der Waals surface area contributed by atoms with E-state index >= 15 is 0 Å². The lowest BCUT2D eigenvalue weighted by Crippen LogP contribution is -2.21. The maximum absolute atomic E-state index is 12.6. The molecule has 3 rings (SSSR count). The first-order valence-electron chi connectivity index (χ1n) is 7.12. The number of nitrogens with zero attached hydrogens (tertiary/aromatic N) is 4. The fraction of sp³-hybridized carbons (Fsp3) is 0.375. The Morgan fingerprint density at radius 2 is 1.81 bits per heavy atom. The highest BCUT2D eigenvalue weighted by atomic mass is 16.1. The first-order valence-corrected chi connectivity index (χ1v) is 7.12. The Hall–Kier alpha value is -2.14. The number of imidazole rings is 1. The van der Waals surface area contributed by atoms with Crippen LogP contribution in [0.3, 0.4) is 0 Å². The second-order valence-electron chi connectivity index (χ2n) is 5.71. The lowest BCUT2D eigenvalue weighted by atomic mass is 10.2. The predicted octanol–water partition coefficient (Wildman–Crippen LogP) is 1.83. The molecule has 0 bridgehead atoms. The summed E-state index contributed by atoms with van der Waals surface area (Å²) >= 11 is 0. The molecule has 0 saturated heterocycles. The highest BCUT2D eigenvalue weighted by Crippen LogP contribution is 2.19. The largest absolute Gasteiger partial charge is 0.308 e. The van der Waals surface area contributed by atoms with E-state index in [1.807, 2.05) is 52.2 Å². The van der Waals surface area contributed by atoms with Gasteiger partial charge in [-0.1, -0.05) is 12.1 Å². The summed E-state index contributed by atoms with van der Waals surface area (Å²) in [6, 6.07) is 7.98. The molecule has 0 amide bonds. The molecular formula is C16H20N4O. The van der Waals surface area contributed by atoms with Crippen LogP contribution in [0.2, 0.25) is 0 Å². The molecule has 5 nitrogen and oxygen atoms in total. The molecule has 21 heavy (non-hydrogen) atoms. The summed E-state index contributed by atoms with van der Waals surface area (Å²) in [5, 5.41) is 0. The Morgan fingerprint density at radius 3 is 2.48 bits per heavy atom. The van der Waals surface area contributed by atoms with Crippen LogP contribution in [0, 0.1) is 13.8 Å². The van der Waals surface area contributed by atoms with E-state index in [0.29, 0.717) is 5.56 Å². The van der Waals surface area contributed by atoms with Crippen molar-refractivity contribution >= 4 is 16.8 Å². The van der Waals surface area contributed by atoms with Gasteiger partial charge in [0.05, 0.1) is 11.0 Å². The summed E-state index contributed by atoms with van der Waals surface area (Å²) in [5.41, 5.74) is 3.51. The maximum atomic E-state index is 12.6. The SMILES string of the molecule is Cc1nc2n(CCN(C)C)c3ccccc3n2c(=O)c1C. The van der Waals surface area contributed by atoms with Crippen molar-refractivity contribution < 1.29 is 0 Å². The van der Waals surface area contributed by atoms with Gasteiger partial charge >= 0.3 is 0 Å². The van der Waals surface area contributed by atoms with Crippen molar-refractivity contribution in [3.05, 3.63) is 45.9 Å². The Balaban J connectivity index is 2.40. The highest BCUT2D eigenvalue weighted by Gasteiger charge is 2.15. The van der Waals surface area contributed by atoms with Gasteiger partial charge in [-0.05, 0) is 40.1 Å². The Bertz CT molecular complexity index is 873. The van der Waals surface area contributed by atoms with Crippen LogP contribution in [-0.4, -0.2) is 39.5 Å². The van der Waals surface area contributed by atoms with E-state index in [9.17, 15) is 4.79 Å². The molecule has 0 aliphatic heterocycles. The molecule has 5 heteroatoms. The van der Waals surface area contributed by atoms with E-state index in [2.05, 4.69) is 14.5 Å². The predicted molar refractivity (Wildman–Crippen MR) is 85.0 cm³/mol. The molecule has 0 spiro atoms. The number of likely N-dealkylation sites (N-methyl/N-ethyl adjacent to an activating group) is 1. The van der Waals surface area contributed by atoms with Gasteiger partial charge in [-0.15, -0.1) is 0 Å². The minimum absolute atomic E-state index is 0.0253. The number of aromatic nitrogens is 3. The van der Waals surface area contributed by atoms with E-state index in [1.165, 1.54) is 0 Å². The van der Waals surface area contributed by atoms with Gasteiger partial charge in [0, 0.05) is 24.3 Å². The minimum atomic E-state index is 0.0253. The molecule has 0 unspecified atom stereocenters. The third kappa shape index (κ3) is 2.14. The van der Waals surface area contributed by atoms with Gasteiger partial charge in [0.1, 0.15) is 0 Å². The van der Waals surface area contributed by atoms with Gasteiger partial charge in [-0.2, -0.15) is 0 Å². The average Bonchev–Trinajstić information content (AvgIpc) is 2.76. The molecule has 0 N–H and O–H groups in total. The molecule has 0 fully saturated rings. The fourth-order valence-corrected chi connectivity index (χ4v) is 2.61. The summed E-state index contributed by atoms with van der Waals surface area (Å²) in [6.45, 7) is 5.43. The number of hydrogen-bond acceptors (Lipinski definition) is 3. The zero-order chi connectivity index (χ0) is 15.1. The van der Waals surface area contributed by atoms with Crippen LogP contribution in [0.1, 0.15) is 11.3 Å². The van der Waals surface area contributed by atoms with E-state index in [-0.39, 0.29) is 5.56 Å². The standard InChI is InChI=1S/C16H20N4O/c1-11-12(2)17-16-19(10-9-18(3)4)13-7-5-6-8-14(13)20(16)15(11)21/h5-8H,9-10H2,1-4H3. The summed E-state index contributed by atoms with van der Waals surface area (Å²) in [7, 11) is 4.09. The van der Waals surface area contributed by atoms with Crippen LogP contribution >= 0.6 is 0 Å². The highest BCUT2D eigenvalue weighted by molar-refractivity contribution is 5.80. The molecule has 0 radical (unpaired) electrons. The average molecular weight is 284 g/mol. The first kappa shape index (κ1) is 13.8. The van der Waals surface area contributed by atoms with Crippen molar-refractivity contribution in [1.29, 1.82) is 0 Å². The van der Waals surface area contributed by atoms with Crippen LogP contribution in [0.15, 0.2) is 29.1 Å². The van der Waals surface area contributed by atoms with Gasteiger partial charge in [0.25, 0.3) is 5.56 Å². The van der Waals surface area contributed by atoms with E-state index in [0.717, 1.165) is 35.6 Å². The number of benzene rings is 1. The monoisotopic (exact) mass is 284 g/mol. The molecule has 2 aromatic heterocycles. The molecule has 1 aromatic carbocycles. The number of hydrogen-bond donors (Lipinski definition) is 0. The van der Waals surface area contributed by atoms with Gasteiger partial charge < -0.3 is 9.47 Å². The van der Waals surface area contributed by atoms with Crippen molar-refractivity contribution in [2.24, 2.45) is 0 Å². The van der Waals surface area contributed by atoms with Crippen LogP contribution in [0.5, 0.6) is 0 Å². The molecule has 3 aromatic rings. The summed E-state index contributed by atoms with van der Waals surface area (Å²) in [5.74, 6) is 0.728. The molecule has 0 aliphatic carbocycles. The molecule has 0 atom stereocenters. The van der Waals surface area contributed by atoms with Crippen molar-refractivity contribution in [3.63, 3.8) is 0 Å². The summed E-state index contributed by atoms with van der Waals surface area (Å²) in [4.78, 5) is 19.4. The van der Waals surface area contributed by atoms with Gasteiger partial charge in [-0.3, -0.25) is 4.79 Å². The number of fused-ring (bicyclic) bond motifs is 3. The second-order valence-corrected chi connectivity index (χ2v) is 5.71. The topological polar surface area (TPSA) is 42.5 Å². The zero-order valence-electron chi connectivity index (χ0n) is 12.9. The molecule has 110 valence electrons. The summed E-state index contributed by atoms with van der Waals surface area (Å²) < 4.78 is 3.86. The van der Waals surface area contributed by atoms with Crippen molar-refractivity contribution in [2.45, 2.75) is 20.4 Å². The molecule has 0 aliphatic rings. The van der Waals surface area contributed by atoms with Gasteiger partial charge in [0.2, 0.25) is 5.78 Å². The van der Waals surface area contributed by atoms with E-state index in [4.69, 9.17) is 0 Å². The van der Waals surface area contributed by atoms with E-state index in [1.54, 1.807) is 4.40 Å². The van der Waals surface area contributed by atoms with Crippen LogP contribution in [0.25, 0.3) is 16.8 Å². The normalized spacial score (nSPS) is 11.9. The van der Waals surface area contributed by atoms with Crippen molar-refractivity contribution in [3.8, 4) is 0 Å². The van der Waals surface area contributed by atoms with Crippen LogP contribution in [0.4, 0.5) is 0 Å². The Morgan fingerprint density at radius 1 is 1.14 bits per heavy atom. The molecule has 2 heterocycles. The molecular weight excluding hydrogens is 264 g/mol. The second kappa shape index (κ2) is 5.00. The van der Waals surface area contributed by atoms with Crippen LogP contribution in [-0.2, 0) is 6.54 Å². The summed E-state index contributed by atoms with van der Waals surface area (Å²) in [6.07, 6.45) is 0. The van der Waals surface area contributed by atoms with Gasteiger partial charge in [-0.25, -0.2) is 9.38 Å². The number of rotatable bonds is 3. The van der Waals surface area contributed by atoms with Crippen molar-refractivity contribution in [1.82, 2.24) is 18.9 Å². The maximum Gasteiger partial charge on any atom is 0.262 e. The molecule has 0 saturated carbocycles. The number of aryl methyl sites for hydroxylation is 1. The zero-order valence-corrected chi connectivity index (χ0v) is 12.9. The Labute approximate surface area is 123 Å². The first-order chi connectivity index (χ1) is 10.0. The fourth-order valence-electron chi connectivity index (χ4n) is 2.61. The van der Waals surface area contributed by atoms with Crippen LogP contribution < -0.4 is 5.56 Å². The lowest BCUT2D eigenvalue weighted by molar-refractivity contribution is 0.388. The third-order valence-electron chi connectivity index (χ3n) is 3.96. The smallest absolute Gasteiger partial charge is 0.262 e.